The zero-order chi connectivity index (χ0) is 9.00. The van der Waals surface area contributed by atoms with Crippen LogP contribution < -0.4 is 5.73 Å². The van der Waals surface area contributed by atoms with E-state index in [-0.39, 0.29) is 0 Å². The third-order valence-corrected chi connectivity index (χ3v) is 5.10. The molecular weight excluding hydrogens is 202 g/mol. The maximum Gasteiger partial charge on any atom is 0.0979 e. The molecule has 1 aromatic heterocycles. The molecule has 0 saturated heterocycles. The molecule has 2 aliphatic carbocycles. The van der Waals surface area contributed by atoms with E-state index in [9.17, 15) is 0 Å². The van der Waals surface area contributed by atoms with Gasteiger partial charge < -0.3 is 5.73 Å². The lowest BCUT2D eigenvalue weighted by Gasteiger charge is -2.11. The molecule has 1 saturated carbocycles. The summed E-state index contributed by atoms with van der Waals surface area (Å²) in [5.41, 5.74) is 8.50. The molecule has 2 atom stereocenters. The molecule has 2 unspecified atom stereocenters. The van der Waals surface area contributed by atoms with Gasteiger partial charge in [0.05, 0.1) is 4.34 Å². The van der Waals surface area contributed by atoms with Crippen molar-refractivity contribution in [1.82, 2.24) is 0 Å². The lowest BCUT2D eigenvalue weighted by atomic mass is 9.95. The Morgan fingerprint density at radius 3 is 2.92 bits per heavy atom. The molecule has 3 rings (SSSR count). The van der Waals surface area contributed by atoms with E-state index in [0.29, 0.717) is 6.54 Å². The smallest absolute Gasteiger partial charge is 0.0979 e. The Balaban J connectivity index is 2.20. The Morgan fingerprint density at radius 1 is 1.38 bits per heavy atom. The standard InChI is InChI=1S/C10H12ClNS/c11-10-7(4-12)8-5-1-2-6(3-5)9(8)13-10/h5-6H,1-4,12H2. The summed E-state index contributed by atoms with van der Waals surface area (Å²) < 4.78 is 0.948. The summed E-state index contributed by atoms with van der Waals surface area (Å²) >= 11 is 7.94. The fourth-order valence-electron chi connectivity index (χ4n) is 2.89. The number of fused-ring (bicyclic) bond motifs is 5. The minimum Gasteiger partial charge on any atom is -0.326 e. The number of thiophene rings is 1. The molecule has 0 spiro atoms. The number of hydrogen-bond donors (Lipinski definition) is 1. The highest BCUT2D eigenvalue weighted by Crippen LogP contribution is 2.58. The van der Waals surface area contributed by atoms with E-state index in [1.54, 1.807) is 16.2 Å². The maximum absolute atomic E-state index is 6.16. The Morgan fingerprint density at radius 2 is 2.15 bits per heavy atom. The first-order chi connectivity index (χ1) is 6.31. The summed E-state index contributed by atoms with van der Waals surface area (Å²) in [5.74, 6) is 1.62. The molecule has 0 aliphatic heterocycles. The van der Waals surface area contributed by atoms with Crippen LogP contribution >= 0.6 is 22.9 Å². The van der Waals surface area contributed by atoms with Gasteiger partial charge in [-0.3, -0.25) is 0 Å². The van der Waals surface area contributed by atoms with Crippen LogP contribution in [0.2, 0.25) is 4.34 Å². The zero-order valence-corrected chi connectivity index (χ0v) is 8.92. The maximum atomic E-state index is 6.16. The van der Waals surface area contributed by atoms with Crippen molar-refractivity contribution in [2.24, 2.45) is 5.73 Å². The SMILES string of the molecule is NCc1c(Cl)sc2c1C1CCC2C1. The van der Waals surface area contributed by atoms with E-state index in [1.807, 2.05) is 0 Å². The second kappa shape index (κ2) is 2.72. The molecule has 3 heteroatoms. The van der Waals surface area contributed by atoms with Crippen molar-refractivity contribution in [3.05, 3.63) is 20.3 Å². The summed E-state index contributed by atoms with van der Waals surface area (Å²) in [6.07, 6.45) is 4.10. The van der Waals surface area contributed by atoms with Crippen LogP contribution in [0.1, 0.15) is 47.1 Å². The summed E-state index contributed by atoms with van der Waals surface area (Å²) in [7, 11) is 0. The fourth-order valence-corrected chi connectivity index (χ4v) is 4.61. The van der Waals surface area contributed by atoms with Crippen molar-refractivity contribution in [2.75, 3.05) is 0 Å². The van der Waals surface area contributed by atoms with Crippen LogP contribution in [-0.2, 0) is 6.54 Å². The number of rotatable bonds is 1. The van der Waals surface area contributed by atoms with Crippen molar-refractivity contribution in [1.29, 1.82) is 0 Å². The van der Waals surface area contributed by atoms with Gasteiger partial charge in [-0.1, -0.05) is 11.6 Å². The third-order valence-electron chi connectivity index (χ3n) is 3.44. The Labute approximate surface area is 86.9 Å². The molecule has 0 radical (unpaired) electrons. The first-order valence-electron chi connectivity index (χ1n) is 4.82. The van der Waals surface area contributed by atoms with Gasteiger partial charge in [0.1, 0.15) is 0 Å². The summed E-state index contributed by atoms with van der Waals surface area (Å²) in [5, 5.41) is 0. The van der Waals surface area contributed by atoms with Crippen LogP contribution in [0.15, 0.2) is 0 Å². The highest BCUT2D eigenvalue weighted by Gasteiger charge is 2.40. The summed E-state index contributed by atoms with van der Waals surface area (Å²) in [4.78, 5) is 1.56. The van der Waals surface area contributed by atoms with Crippen LogP contribution in [0, 0.1) is 0 Å². The van der Waals surface area contributed by atoms with Crippen LogP contribution in [0.5, 0.6) is 0 Å². The van der Waals surface area contributed by atoms with Gasteiger partial charge in [0, 0.05) is 11.4 Å². The fraction of sp³-hybridized carbons (Fsp3) is 0.600. The van der Waals surface area contributed by atoms with Crippen LogP contribution in [0.3, 0.4) is 0 Å². The van der Waals surface area contributed by atoms with Crippen molar-refractivity contribution < 1.29 is 0 Å². The molecule has 1 fully saturated rings. The number of halogens is 1. The zero-order valence-electron chi connectivity index (χ0n) is 7.35. The van der Waals surface area contributed by atoms with E-state index >= 15 is 0 Å². The molecule has 1 heterocycles. The molecular formula is C10H12ClNS. The lowest BCUT2D eigenvalue weighted by Crippen LogP contribution is -2.02. The molecule has 0 aromatic carbocycles. The summed E-state index contributed by atoms with van der Waals surface area (Å²) in [6, 6.07) is 0. The third kappa shape index (κ3) is 0.969. The predicted octanol–water partition coefficient (Wildman–Crippen LogP) is 3.22. The first kappa shape index (κ1) is 8.27. The van der Waals surface area contributed by atoms with Gasteiger partial charge in [-0.2, -0.15) is 0 Å². The quantitative estimate of drug-likeness (QED) is 0.762. The minimum absolute atomic E-state index is 0.619. The van der Waals surface area contributed by atoms with Gasteiger partial charge in [0.2, 0.25) is 0 Å². The van der Waals surface area contributed by atoms with Crippen molar-refractivity contribution >= 4 is 22.9 Å². The Bertz CT molecular complexity index is 358. The second-order valence-electron chi connectivity index (χ2n) is 4.04. The molecule has 2 N–H and O–H groups in total. The Kier molecular flexibility index (Phi) is 1.73. The first-order valence-corrected chi connectivity index (χ1v) is 6.01. The van der Waals surface area contributed by atoms with Gasteiger partial charge >= 0.3 is 0 Å². The van der Waals surface area contributed by atoms with Crippen LogP contribution in [-0.4, -0.2) is 0 Å². The van der Waals surface area contributed by atoms with E-state index in [2.05, 4.69) is 0 Å². The van der Waals surface area contributed by atoms with Crippen LogP contribution in [0.4, 0.5) is 0 Å². The highest BCUT2D eigenvalue weighted by atomic mass is 35.5. The van der Waals surface area contributed by atoms with Gasteiger partial charge in [0.15, 0.2) is 0 Å². The van der Waals surface area contributed by atoms with Crippen LogP contribution in [0.25, 0.3) is 0 Å². The van der Waals surface area contributed by atoms with E-state index < -0.39 is 0 Å². The second-order valence-corrected chi connectivity index (χ2v) is 5.70. The topological polar surface area (TPSA) is 26.0 Å². The average Bonchev–Trinajstić information content (AvgIpc) is 2.72. The van der Waals surface area contributed by atoms with Gasteiger partial charge in [-0.15, -0.1) is 11.3 Å². The molecule has 2 aliphatic rings. The molecule has 0 amide bonds. The Hall–Kier alpha value is -0.0500. The van der Waals surface area contributed by atoms with Crippen molar-refractivity contribution in [3.8, 4) is 0 Å². The largest absolute Gasteiger partial charge is 0.326 e. The van der Waals surface area contributed by atoms with Gasteiger partial charge in [-0.05, 0) is 42.2 Å². The highest BCUT2D eigenvalue weighted by molar-refractivity contribution is 7.16. The van der Waals surface area contributed by atoms with E-state index in [1.165, 1.54) is 30.4 Å². The lowest BCUT2D eigenvalue weighted by molar-refractivity contribution is 0.720. The summed E-state index contributed by atoms with van der Waals surface area (Å²) in [6.45, 7) is 0.619. The molecule has 70 valence electrons. The van der Waals surface area contributed by atoms with E-state index in [4.69, 9.17) is 17.3 Å². The monoisotopic (exact) mass is 213 g/mol. The normalized spacial score (nSPS) is 29.7. The average molecular weight is 214 g/mol. The minimum atomic E-state index is 0.619. The predicted molar refractivity (Wildman–Crippen MR) is 56.6 cm³/mol. The molecule has 1 nitrogen and oxygen atoms in total. The number of nitrogens with two attached hydrogens (primary N) is 1. The number of hydrogen-bond acceptors (Lipinski definition) is 2. The van der Waals surface area contributed by atoms with Crippen molar-refractivity contribution in [2.45, 2.75) is 37.6 Å². The van der Waals surface area contributed by atoms with Gasteiger partial charge in [0.25, 0.3) is 0 Å². The molecule has 1 aromatic rings. The van der Waals surface area contributed by atoms with Crippen molar-refractivity contribution in [3.63, 3.8) is 0 Å². The van der Waals surface area contributed by atoms with E-state index in [0.717, 1.165) is 16.2 Å². The molecule has 13 heavy (non-hydrogen) atoms. The van der Waals surface area contributed by atoms with Gasteiger partial charge in [-0.25, -0.2) is 0 Å². The molecule has 2 bridgehead atoms.